The molecule has 96 valence electrons. The minimum absolute atomic E-state index is 0.0313. The Bertz CT molecular complexity index is 389. The zero-order valence-electron chi connectivity index (χ0n) is 10.5. The van der Waals surface area contributed by atoms with Gasteiger partial charge in [0.25, 0.3) is 0 Å². The molecule has 0 fully saturated rings. The molecule has 0 atom stereocenters. The molecule has 5 nitrogen and oxygen atoms in total. The van der Waals surface area contributed by atoms with Crippen molar-refractivity contribution in [2.75, 3.05) is 13.6 Å². The number of nitrogens with one attached hydrogen (secondary N) is 2. The third-order valence-electron chi connectivity index (χ3n) is 2.55. The normalized spacial score (nSPS) is 10.6. The summed E-state index contributed by atoms with van der Waals surface area (Å²) in [6.07, 6.45) is 0.466. The Hall–Kier alpha value is -1.07. The van der Waals surface area contributed by atoms with Crippen LogP contribution in [0, 0.1) is 6.92 Å². The molecule has 0 aliphatic rings. The van der Waals surface area contributed by atoms with Crippen molar-refractivity contribution in [2.24, 2.45) is 0 Å². The summed E-state index contributed by atoms with van der Waals surface area (Å²) in [5.74, 6) is 0.0313. The number of carbonyl (C=O) groups excluding carboxylic acids is 1. The monoisotopic (exact) mass is 258 g/mol. The van der Waals surface area contributed by atoms with E-state index < -0.39 is 0 Å². The molecule has 0 saturated carbocycles. The number of hydrogen-bond acceptors (Lipinski definition) is 3. The first-order chi connectivity index (χ1) is 8.10. The molecule has 1 aromatic rings. The molecule has 1 heterocycles. The van der Waals surface area contributed by atoms with E-state index in [4.69, 9.17) is 11.6 Å². The predicted octanol–water partition coefficient (Wildman–Crippen LogP) is 1.09. The SMILES string of the molecule is CCn1nc(C)c(Cl)c1CNCCC(=O)NC. The minimum atomic E-state index is 0.0313. The molecule has 0 aromatic carbocycles. The van der Waals surface area contributed by atoms with Gasteiger partial charge in [-0.3, -0.25) is 9.48 Å². The van der Waals surface area contributed by atoms with Gasteiger partial charge in [0, 0.05) is 33.1 Å². The summed E-state index contributed by atoms with van der Waals surface area (Å²) in [5, 5.41) is 10.8. The molecule has 0 bridgehead atoms. The maximum absolute atomic E-state index is 11.0. The van der Waals surface area contributed by atoms with Crippen LogP contribution in [-0.4, -0.2) is 29.3 Å². The van der Waals surface area contributed by atoms with Crippen molar-refractivity contribution in [2.45, 2.75) is 33.4 Å². The molecule has 0 unspecified atom stereocenters. The summed E-state index contributed by atoms with van der Waals surface area (Å²) in [7, 11) is 1.63. The van der Waals surface area contributed by atoms with Gasteiger partial charge in [0.15, 0.2) is 0 Å². The van der Waals surface area contributed by atoms with E-state index in [0.717, 1.165) is 17.9 Å². The summed E-state index contributed by atoms with van der Waals surface area (Å²) in [4.78, 5) is 11.0. The Labute approximate surface area is 107 Å². The molecule has 1 rings (SSSR count). The largest absolute Gasteiger partial charge is 0.359 e. The van der Waals surface area contributed by atoms with Crippen LogP contribution in [0.15, 0.2) is 0 Å². The molecule has 0 saturated heterocycles. The van der Waals surface area contributed by atoms with Crippen LogP contribution in [0.1, 0.15) is 24.7 Å². The highest BCUT2D eigenvalue weighted by Gasteiger charge is 2.11. The predicted molar refractivity (Wildman–Crippen MR) is 68.0 cm³/mol. The van der Waals surface area contributed by atoms with E-state index in [2.05, 4.69) is 15.7 Å². The second-order valence-corrected chi connectivity index (χ2v) is 4.14. The molecule has 17 heavy (non-hydrogen) atoms. The number of nitrogens with zero attached hydrogens (tertiary/aromatic N) is 2. The Morgan fingerprint density at radius 1 is 1.53 bits per heavy atom. The van der Waals surface area contributed by atoms with Gasteiger partial charge in [-0.05, 0) is 13.8 Å². The van der Waals surface area contributed by atoms with Crippen molar-refractivity contribution in [3.63, 3.8) is 0 Å². The van der Waals surface area contributed by atoms with Gasteiger partial charge in [0.2, 0.25) is 5.91 Å². The molecule has 2 N–H and O–H groups in total. The van der Waals surface area contributed by atoms with Crippen LogP contribution in [0.3, 0.4) is 0 Å². The molecular formula is C11H19ClN4O. The van der Waals surface area contributed by atoms with E-state index in [-0.39, 0.29) is 5.91 Å². The first kappa shape index (κ1) is 14.0. The summed E-state index contributed by atoms with van der Waals surface area (Å²) < 4.78 is 1.88. The molecule has 0 aliphatic heterocycles. The molecule has 0 spiro atoms. The Kier molecular flexibility index (Phi) is 5.44. The summed E-state index contributed by atoms with van der Waals surface area (Å²) in [6.45, 7) is 5.97. The van der Waals surface area contributed by atoms with Gasteiger partial charge in [-0.1, -0.05) is 11.6 Å². The van der Waals surface area contributed by atoms with Gasteiger partial charge in [0.1, 0.15) is 0 Å². The van der Waals surface area contributed by atoms with Crippen LogP contribution in [0.2, 0.25) is 5.02 Å². The first-order valence-electron chi connectivity index (χ1n) is 5.73. The molecule has 1 aromatic heterocycles. The van der Waals surface area contributed by atoms with Crippen LogP contribution in [0.5, 0.6) is 0 Å². The number of hydrogen-bond donors (Lipinski definition) is 2. The van der Waals surface area contributed by atoms with Gasteiger partial charge in [0.05, 0.1) is 16.4 Å². The lowest BCUT2D eigenvalue weighted by Crippen LogP contribution is -2.25. The third-order valence-corrected chi connectivity index (χ3v) is 3.04. The lowest BCUT2D eigenvalue weighted by Gasteiger charge is -2.07. The highest BCUT2D eigenvalue weighted by atomic mass is 35.5. The van der Waals surface area contributed by atoms with Crippen molar-refractivity contribution >= 4 is 17.5 Å². The van der Waals surface area contributed by atoms with Gasteiger partial charge < -0.3 is 10.6 Å². The molecule has 0 radical (unpaired) electrons. The van der Waals surface area contributed by atoms with Crippen molar-refractivity contribution in [3.8, 4) is 0 Å². The zero-order valence-corrected chi connectivity index (χ0v) is 11.3. The number of rotatable bonds is 6. The fourth-order valence-electron chi connectivity index (χ4n) is 1.57. The molecular weight excluding hydrogens is 240 g/mol. The van der Waals surface area contributed by atoms with Crippen molar-refractivity contribution < 1.29 is 4.79 Å². The fraction of sp³-hybridized carbons (Fsp3) is 0.636. The van der Waals surface area contributed by atoms with Crippen LogP contribution in [0.25, 0.3) is 0 Å². The molecule has 6 heteroatoms. The van der Waals surface area contributed by atoms with Crippen molar-refractivity contribution in [1.82, 2.24) is 20.4 Å². The van der Waals surface area contributed by atoms with Crippen LogP contribution in [-0.2, 0) is 17.9 Å². The first-order valence-corrected chi connectivity index (χ1v) is 6.11. The highest BCUT2D eigenvalue weighted by Crippen LogP contribution is 2.19. The number of aromatic nitrogens is 2. The van der Waals surface area contributed by atoms with Crippen molar-refractivity contribution in [3.05, 3.63) is 16.4 Å². The van der Waals surface area contributed by atoms with Crippen LogP contribution in [0.4, 0.5) is 0 Å². The minimum Gasteiger partial charge on any atom is -0.359 e. The van der Waals surface area contributed by atoms with Crippen LogP contribution < -0.4 is 10.6 Å². The van der Waals surface area contributed by atoms with Crippen molar-refractivity contribution in [1.29, 1.82) is 0 Å². The van der Waals surface area contributed by atoms with E-state index in [0.29, 0.717) is 24.5 Å². The number of carbonyl (C=O) groups is 1. The Morgan fingerprint density at radius 3 is 2.82 bits per heavy atom. The summed E-state index contributed by atoms with van der Waals surface area (Å²) in [6, 6.07) is 0. The fourth-order valence-corrected chi connectivity index (χ4v) is 1.77. The zero-order chi connectivity index (χ0) is 12.8. The van der Waals surface area contributed by atoms with Gasteiger partial charge >= 0.3 is 0 Å². The second-order valence-electron chi connectivity index (χ2n) is 3.76. The van der Waals surface area contributed by atoms with E-state index in [1.807, 2.05) is 18.5 Å². The van der Waals surface area contributed by atoms with Gasteiger partial charge in [-0.25, -0.2) is 0 Å². The highest BCUT2D eigenvalue weighted by molar-refractivity contribution is 6.31. The van der Waals surface area contributed by atoms with Crippen LogP contribution >= 0.6 is 11.6 Å². The van der Waals surface area contributed by atoms with E-state index in [1.165, 1.54) is 0 Å². The Morgan fingerprint density at radius 2 is 2.24 bits per heavy atom. The lowest BCUT2D eigenvalue weighted by molar-refractivity contribution is -0.120. The number of aryl methyl sites for hydroxylation is 2. The molecule has 0 aliphatic carbocycles. The Balaban J connectivity index is 2.48. The maximum atomic E-state index is 11.0. The standard InChI is InChI=1S/C11H19ClN4O/c1-4-16-9(11(12)8(2)15-16)7-14-6-5-10(17)13-3/h14H,4-7H2,1-3H3,(H,13,17). The van der Waals surface area contributed by atoms with Gasteiger partial charge in [-0.15, -0.1) is 0 Å². The van der Waals surface area contributed by atoms with E-state index in [9.17, 15) is 4.79 Å². The average Bonchev–Trinajstić information content (AvgIpc) is 2.61. The smallest absolute Gasteiger partial charge is 0.221 e. The quantitative estimate of drug-likeness (QED) is 0.751. The third kappa shape index (κ3) is 3.71. The van der Waals surface area contributed by atoms with E-state index >= 15 is 0 Å². The number of amides is 1. The van der Waals surface area contributed by atoms with Gasteiger partial charge in [-0.2, -0.15) is 5.10 Å². The average molecular weight is 259 g/mol. The second kappa shape index (κ2) is 6.61. The summed E-state index contributed by atoms with van der Waals surface area (Å²) >= 11 is 6.16. The summed E-state index contributed by atoms with van der Waals surface area (Å²) in [5.41, 5.74) is 1.82. The molecule has 1 amide bonds. The lowest BCUT2D eigenvalue weighted by atomic mass is 10.3. The van der Waals surface area contributed by atoms with E-state index in [1.54, 1.807) is 7.05 Å². The number of halogens is 1. The topological polar surface area (TPSA) is 59.0 Å². The maximum Gasteiger partial charge on any atom is 0.221 e.